The van der Waals surface area contributed by atoms with Crippen LogP contribution in [0.4, 0.5) is 0 Å². The van der Waals surface area contributed by atoms with Crippen LogP contribution in [0, 0.1) is 0 Å². The van der Waals surface area contributed by atoms with E-state index in [2.05, 4.69) is 74.4 Å². The number of halogens is 2. The van der Waals surface area contributed by atoms with Crippen molar-refractivity contribution in [2.45, 2.75) is 78.6 Å². The quantitative estimate of drug-likeness (QED) is 0.321. The fraction of sp³-hybridized carbons (Fsp3) is 0.522. The van der Waals surface area contributed by atoms with Crippen LogP contribution < -0.4 is 0 Å². The van der Waals surface area contributed by atoms with Crippen molar-refractivity contribution in [3.63, 3.8) is 0 Å². The van der Waals surface area contributed by atoms with Crippen molar-refractivity contribution in [2.75, 3.05) is 0 Å². The van der Waals surface area contributed by atoms with Gasteiger partial charge in [-0.15, -0.1) is 0 Å². The van der Waals surface area contributed by atoms with Gasteiger partial charge in [-0.3, -0.25) is 0 Å². The Labute approximate surface area is 183 Å². The number of phenolic OH excluding ortho intramolecular Hbond substituents is 1. The number of rotatable bonds is 0. The van der Waals surface area contributed by atoms with Crippen LogP contribution >= 0.6 is 18.6 Å². The molecule has 0 saturated heterocycles. The monoisotopic (exact) mass is 445 g/mol. The summed E-state index contributed by atoms with van der Waals surface area (Å²) in [6, 6.07) is 14.3. The van der Waals surface area contributed by atoms with E-state index in [1.165, 1.54) is 5.56 Å². The van der Waals surface area contributed by atoms with Gasteiger partial charge in [-0.1, -0.05) is 74.4 Å². The molecule has 0 atom stereocenters. The molecule has 0 radical (unpaired) electrons. The Balaban J connectivity index is 0.000000698. The smallest absolute Gasteiger partial charge is 0.172 e. The molecule has 0 fully saturated rings. The van der Waals surface area contributed by atoms with Gasteiger partial charge in [0.05, 0.1) is 0 Å². The number of hydrogen-bond donors (Lipinski definition) is 1. The molecule has 27 heavy (non-hydrogen) atoms. The molecule has 0 aliphatic rings. The molecule has 0 aliphatic heterocycles. The van der Waals surface area contributed by atoms with Gasteiger partial charge in [0, 0.05) is 0 Å². The van der Waals surface area contributed by atoms with Gasteiger partial charge in [0.25, 0.3) is 0 Å². The average molecular weight is 446 g/mol. The van der Waals surface area contributed by atoms with Crippen molar-refractivity contribution < 1.29 is 22.1 Å². The fourth-order valence-electron chi connectivity index (χ4n) is 2.53. The van der Waals surface area contributed by atoms with E-state index in [0.717, 1.165) is 11.1 Å². The maximum Gasteiger partial charge on any atom is -0.172 e. The summed E-state index contributed by atoms with van der Waals surface area (Å²) in [7, 11) is 9.78. The molecule has 0 aromatic heterocycles. The number of hydrogen-bond acceptors (Lipinski definition) is 1. The minimum Gasteiger partial charge on any atom is -0.214 e. The molecule has 0 spiro atoms. The summed E-state index contributed by atoms with van der Waals surface area (Å²) >= 11 is -0.556. The molecule has 1 nitrogen and oxygen atoms in total. The standard InChI is InChI=1S/C18H30O.C5H5.2ClH.Ti/c1-16(2,3)12-10-13(17(4,5)6)15(19)14(11-12)18(7,8)9;1-2-4-5-3-1;;;/h10-11,19H,1-9H3;1-5H;2*1H;/q;-1;;;+2/p-2. The van der Waals surface area contributed by atoms with Gasteiger partial charge in [0.15, 0.2) is 0 Å². The number of benzene rings is 1. The first kappa shape index (κ1) is 26.7. The van der Waals surface area contributed by atoms with Crippen molar-refractivity contribution in [3.8, 4) is 5.75 Å². The van der Waals surface area contributed by atoms with Crippen molar-refractivity contribution in [3.05, 3.63) is 59.2 Å². The molecule has 0 amide bonds. The molecule has 0 aliphatic carbocycles. The van der Waals surface area contributed by atoms with Gasteiger partial charge >= 0.3 is 35.6 Å². The normalized spacial score (nSPS) is 11.7. The summed E-state index contributed by atoms with van der Waals surface area (Å²) in [4.78, 5) is 0. The zero-order chi connectivity index (χ0) is 21.5. The Kier molecular flexibility index (Phi) is 10.9. The molecule has 2 aromatic rings. The molecule has 0 bridgehead atoms. The van der Waals surface area contributed by atoms with E-state index in [1.807, 2.05) is 30.3 Å². The topological polar surface area (TPSA) is 20.2 Å². The van der Waals surface area contributed by atoms with E-state index >= 15 is 0 Å². The van der Waals surface area contributed by atoms with E-state index in [9.17, 15) is 5.11 Å². The fourth-order valence-corrected chi connectivity index (χ4v) is 2.53. The van der Waals surface area contributed by atoms with E-state index in [-0.39, 0.29) is 16.2 Å². The van der Waals surface area contributed by atoms with Crippen LogP contribution in [0.15, 0.2) is 42.5 Å². The largest absolute Gasteiger partial charge is 0.214 e. The predicted octanol–water partition coefficient (Wildman–Crippen LogP) is 8.07. The Hall–Kier alpha value is -0.336. The summed E-state index contributed by atoms with van der Waals surface area (Å²) in [6.45, 7) is 19.6. The van der Waals surface area contributed by atoms with Crippen molar-refractivity contribution in [1.29, 1.82) is 0 Å². The second-order valence-electron chi connectivity index (χ2n) is 9.70. The molecule has 2 aromatic carbocycles. The third-order valence-corrected chi connectivity index (χ3v) is 4.15. The third-order valence-electron chi connectivity index (χ3n) is 4.15. The second-order valence-corrected chi connectivity index (χ2v) is 12.3. The molecule has 2 rings (SSSR count). The van der Waals surface area contributed by atoms with E-state index in [1.54, 1.807) is 0 Å². The molecule has 1 N–H and O–H groups in total. The van der Waals surface area contributed by atoms with Crippen LogP contribution in [-0.4, -0.2) is 5.11 Å². The van der Waals surface area contributed by atoms with Gasteiger partial charge in [0.1, 0.15) is 5.75 Å². The van der Waals surface area contributed by atoms with Gasteiger partial charge < -0.3 is 5.11 Å². The van der Waals surface area contributed by atoms with Gasteiger partial charge in [-0.2, -0.15) is 18.2 Å². The molecule has 0 unspecified atom stereocenters. The first-order chi connectivity index (χ1) is 12.2. The Morgan fingerprint density at radius 1 is 0.741 bits per heavy atom. The second kappa shape index (κ2) is 11.0. The summed E-state index contributed by atoms with van der Waals surface area (Å²) in [5.41, 5.74) is 3.37. The zero-order valence-electron chi connectivity index (χ0n) is 18.2. The zero-order valence-corrected chi connectivity index (χ0v) is 21.3. The van der Waals surface area contributed by atoms with Crippen LogP contribution in [0.3, 0.4) is 0 Å². The summed E-state index contributed by atoms with van der Waals surface area (Å²) < 4.78 is 0. The number of aromatic hydroxyl groups is 1. The molecule has 0 heterocycles. The van der Waals surface area contributed by atoms with E-state index in [4.69, 9.17) is 18.6 Å². The Bertz CT molecular complexity index is 605. The molecular weight excluding hydrogens is 411 g/mol. The SMILES string of the molecule is CC(C)(C)c1cc(C(C)(C)C)c(O)c(C(C)(C)C)c1.[Cl][Ti][Cl].c1cc[cH-]c1. The van der Waals surface area contributed by atoms with Crippen LogP contribution in [-0.2, 0) is 33.3 Å². The molecule has 0 saturated carbocycles. The Morgan fingerprint density at radius 3 is 1.26 bits per heavy atom. The maximum absolute atomic E-state index is 10.7. The van der Waals surface area contributed by atoms with Crippen LogP contribution in [0.5, 0.6) is 5.75 Å². The van der Waals surface area contributed by atoms with E-state index < -0.39 is 17.0 Å². The maximum atomic E-state index is 10.7. The summed E-state index contributed by atoms with van der Waals surface area (Å²) in [6.07, 6.45) is 0. The van der Waals surface area contributed by atoms with Gasteiger partial charge in [-0.25, -0.2) is 12.1 Å². The van der Waals surface area contributed by atoms with E-state index in [0.29, 0.717) is 5.75 Å². The first-order valence-electron chi connectivity index (χ1n) is 9.17. The minimum atomic E-state index is -0.556. The van der Waals surface area contributed by atoms with Crippen molar-refractivity contribution >= 4 is 18.6 Å². The molecule has 152 valence electrons. The van der Waals surface area contributed by atoms with Crippen LogP contribution in [0.25, 0.3) is 0 Å². The van der Waals surface area contributed by atoms with Gasteiger partial charge in [-0.05, 0) is 32.9 Å². The van der Waals surface area contributed by atoms with Crippen LogP contribution in [0.2, 0.25) is 0 Å². The third kappa shape index (κ3) is 9.61. The molecule has 4 heteroatoms. The molecular formula is C23H35Cl2OTi-. The van der Waals surface area contributed by atoms with Crippen LogP contribution in [0.1, 0.15) is 79.0 Å². The number of phenols is 1. The van der Waals surface area contributed by atoms with Crippen molar-refractivity contribution in [2.24, 2.45) is 0 Å². The van der Waals surface area contributed by atoms with Crippen molar-refractivity contribution in [1.82, 2.24) is 0 Å². The summed E-state index contributed by atoms with van der Waals surface area (Å²) in [5.74, 6) is 0.466. The first-order valence-corrected chi connectivity index (χ1v) is 13.5. The summed E-state index contributed by atoms with van der Waals surface area (Å²) in [5, 5.41) is 10.7. The minimum absolute atomic E-state index is 0.0503. The Morgan fingerprint density at radius 2 is 1.07 bits per heavy atom. The predicted molar refractivity (Wildman–Crippen MR) is 118 cm³/mol. The average Bonchev–Trinajstić information content (AvgIpc) is 3.03. The van der Waals surface area contributed by atoms with Gasteiger partial charge in [0.2, 0.25) is 0 Å².